The van der Waals surface area contributed by atoms with Crippen LogP contribution in [0, 0.1) is 0 Å². The number of rotatable bonds is 3. The van der Waals surface area contributed by atoms with Crippen LogP contribution in [0.5, 0.6) is 0 Å². The second-order valence-electron chi connectivity index (χ2n) is 5.66. The van der Waals surface area contributed by atoms with Gasteiger partial charge in [0.05, 0.1) is 6.04 Å². The van der Waals surface area contributed by atoms with Crippen LogP contribution in [-0.2, 0) is 11.2 Å². The largest absolute Gasteiger partial charge is 0.339 e. The van der Waals surface area contributed by atoms with Gasteiger partial charge in [0.1, 0.15) is 0 Å². The summed E-state index contributed by atoms with van der Waals surface area (Å²) in [7, 11) is 0. The van der Waals surface area contributed by atoms with Crippen molar-refractivity contribution in [2.75, 3.05) is 18.8 Å². The van der Waals surface area contributed by atoms with E-state index in [4.69, 9.17) is 5.73 Å². The summed E-state index contributed by atoms with van der Waals surface area (Å²) in [5.41, 5.74) is 7.19. The third-order valence-corrected chi connectivity index (χ3v) is 4.65. The molecule has 20 heavy (non-hydrogen) atoms. The maximum atomic E-state index is 12.4. The second-order valence-corrected chi connectivity index (χ2v) is 7.47. The number of benzene rings is 1. The van der Waals surface area contributed by atoms with Crippen molar-refractivity contribution in [2.24, 2.45) is 5.73 Å². The van der Waals surface area contributed by atoms with Crippen molar-refractivity contribution in [3.8, 4) is 0 Å². The van der Waals surface area contributed by atoms with Crippen LogP contribution in [0.2, 0.25) is 0 Å². The third kappa shape index (κ3) is 4.69. The molecule has 3 nitrogen and oxygen atoms in total. The number of thioether (sulfide) groups is 1. The van der Waals surface area contributed by atoms with E-state index in [0.29, 0.717) is 6.42 Å². The minimum atomic E-state index is -0.429. The van der Waals surface area contributed by atoms with Gasteiger partial charge in [-0.15, -0.1) is 12.4 Å². The summed E-state index contributed by atoms with van der Waals surface area (Å²) >= 11 is 1.92. The molecular formula is C15H23ClN2OS. The molecule has 112 valence electrons. The van der Waals surface area contributed by atoms with Crippen LogP contribution in [0.4, 0.5) is 0 Å². The lowest BCUT2D eigenvalue weighted by molar-refractivity contribution is -0.132. The molecule has 1 fully saturated rings. The zero-order valence-electron chi connectivity index (χ0n) is 12.0. The van der Waals surface area contributed by atoms with Crippen molar-refractivity contribution in [2.45, 2.75) is 31.1 Å². The lowest BCUT2D eigenvalue weighted by atomic mass is 10.0. The van der Waals surface area contributed by atoms with Gasteiger partial charge in [-0.05, 0) is 25.8 Å². The van der Waals surface area contributed by atoms with Gasteiger partial charge in [0.25, 0.3) is 0 Å². The number of carbonyl (C=O) groups excluding carboxylic acids is 1. The summed E-state index contributed by atoms with van der Waals surface area (Å²) in [4.78, 5) is 14.3. The minimum absolute atomic E-state index is 0. The first-order chi connectivity index (χ1) is 8.98. The number of nitrogens with two attached hydrogens (primary N) is 1. The SMILES string of the molecule is CC1(C)CN(C(=O)C(N)Cc2ccccc2)CCS1.Cl. The van der Waals surface area contributed by atoms with Crippen molar-refractivity contribution >= 4 is 30.1 Å². The lowest BCUT2D eigenvalue weighted by Gasteiger charge is -2.38. The average molecular weight is 315 g/mol. The molecule has 1 heterocycles. The highest BCUT2D eigenvalue weighted by molar-refractivity contribution is 8.00. The Balaban J connectivity index is 0.00000200. The first kappa shape index (κ1) is 17.3. The molecule has 2 N–H and O–H groups in total. The summed E-state index contributed by atoms with van der Waals surface area (Å²) in [6.07, 6.45) is 0.615. The Hall–Kier alpha value is -0.710. The molecule has 2 rings (SSSR count). The molecule has 0 saturated carbocycles. The topological polar surface area (TPSA) is 46.3 Å². The van der Waals surface area contributed by atoms with Gasteiger partial charge in [-0.1, -0.05) is 30.3 Å². The van der Waals surface area contributed by atoms with Crippen molar-refractivity contribution in [3.63, 3.8) is 0 Å². The van der Waals surface area contributed by atoms with E-state index in [0.717, 1.165) is 24.4 Å². The van der Waals surface area contributed by atoms with Gasteiger partial charge >= 0.3 is 0 Å². The molecule has 0 aromatic heterocycles. The maximum absolute atomic E-state index is 12.4. The van der Waals surface area contributed by atoms with Gasteiger partial charge in [0.2, 0.25) is 5.91 Å². The number of halogens is 1. The van der Waals surface area contributed by atoms with E-state index in [1.807, 2.05) is 47.0 Å². The molecule has 1 atom stereocenters. The van der Waals surface area contributed by atoms with E-state index < -0.39 is 6.04 Å². The van der Waals surface area contributed by atoms with Crippen molar-refractivity contribution in [3.05, 3.63) is 35.9 Å². The Morgan fingerprint density at radius 2 is 2.05 bits per heavy atom. The highest BCUT2D eigenvalue weighted by Gasteiger charge is 2.31. The quantitative estimate of drug-likeness (QED) is 0.931. The van der Waals surface area contributed by atoms with Crippen molar-refractivity contribution < 1.29 is 4.79 Å². The van der Waals surface area contributed by atoms with Crippen LogP contribution in [0.15, 0.2) is 30.3 Å². The second kappa shape index (κ2) is 7.34. The van der Waals surface area contributed by atoms with Gasteiger partial charge in [-0.25, -0.2) is 0 Å². The fourth-order valence-electron chi connectivity index (χ4n) is 2.39. The smallest absolute Gasteiger partial charge is 0.239 e. The minimum Gasteiger partial charge on any atom is -0.339 e. The van der Waals surface area contributed by atoms with Crippen LogP contribution < -0.4 is 5.73 Å². The first-order valence-electron chi connectivity index (χ1n) is 6.70. The normalized spacial score (nSPS) is 19.1. The first-order valence-corrected chi connectivity index (χ1v) is 7.69. The summed E-state index contributed by atoms with van der Waals surface area (Å²) in [6.45, 7) is 5.97. The van der Waals surface area contributed by atoms with Crippen LogP contribution in [0.1, 0.15) is 19.4 Å². The number of hydrogen-bond acceptors (Lipinski definition) is 3. The van der Waals surface area contributed by atoms with Gasteiger partial charge in [0.15, 0.2) is 0 Å². The molecular weight excluding hydrogens is 292 g/mol. The lowest BCUT2D eigenvalue weighted by Crippen LogP contribution is -2.52. The van der Waals surface area contributed by atoms with Crippen LogP contribution in [0.25, 0.3) is 0 Å². The molecule has 0 bridgehead atoms. The number of hydrogen-bond donors (Lipinski definition) is 1. The van der Waals surface area contributed by atoms with Crippen LogP contribution in [-0.4, -0.2) is 40.4 Å². The molecule has 1 aliphatic rings. The Bertz CT molecular complexity index is 439. The van der Waals surface area contributed by atoms with Gasteiger partial charge < -0.3 is 10.6 Å². The standard InChI is InChI=1S/C15H22N2OS.ClH/c1-15(2)11-17(8-9-19-15)14(18)13(16)10-12-6-4-3-5-7-12;/h3-7,13H,8-11,16H2,1-2H3;1H. The van der Waals surface area contributed by atoms with Crippen LogP contribution in [0.3, 0.4) is 0 Å². The third-order valence-electron chi connectivity index (χ3n) is 3.35. The Labute approximate surface area is 131 Å². The van der Waals surface area contributed by atoms with Crippen molar-refractivity contribution in [1.82, 2.24) is 4.90 Å². The summed E-state index contributed by atoms with van der Waals surface area (Å²) in [5.74, 6) is 1.08. The summed E-state index contributed by atoms with van der Waals surface area (Å²) in [6, 6.07) is 9.54. The van der Waals surface area contributed by atoms with Gasteiger partial charge in [-0.3, -0.25) is 4.79 Å². The van der Waals surface area contributed by atoms with Crippen molar-refractivity contribution in [1.29, 1.82) is 0 Å². The zero-order valence-corrected chi connectivity index (χ0v) is 13.7. The van der Waals surface area contributed by atoms with E-state index in [1.54, 1.807) is 0 Å². The molecule has 0 spiro atoms. The molecule has 1 aliphatic heterocycles. The maximum Gasteiger partial charge on any atom is 0.239 e. The monoisotopic (exact) mass is 314 g/mol. The van der Waals surface area contributed by atoms with E-state index in [1.165, 1.54) is 0 Å². The Morgan fingerprint density at radius 3 is 2.65 bits per heavy atom. The number of amides is 1. The highest BCUT2D eigenvalue weighted by atomic mass is 35.5. The molecule has 0 radical (unpaired) electrons. The van der Waals surface area contributed by atoms with E-state index in [2.05, 4.69) is 13.8 Å². The fourth-order valence-corrected chi connectivity index (χ4v) is 3.51. The van der Waals surface area contributed by atoms with E-state index in [-0.39, 0.29) is 23.1 Å². The molecule has 1 aromatic carbocycles. The highest BCUT2D eigenvalue weighted by Crippen LogP contribution is 2.29. The van der Waals surface area contributed by atoms with E-state index >= 15 is 0 Å². The van der Waals surface area contributed by atoms with Gasteiger partial charge in [0, 0.05) is 23.6 Å². The molecule has 5 heteroatoms. The predicted octanol–water partition coefficient (Wildman–Crippen LogP) is 2.33. The van der Waals surface area contributed by atoms with Gasteiger partial charge in [-0.2, -0.15) is 11.8 Å². The van der Waals surface area contributed by atoms with Crippen LogP contribution >= 0.6 is 24.2 Å². The Kier molecular flexibility index (Phi) is 6.37. The Morgan fingerprint density at radius 1 is 1.40 bits per heavy atom. The summed E-state index contributed by atoms with van der Waals surface area (Å²) in [5, 5.41) is 0. The average Bonchev–Trinajstić information content (AvgIpc) is 2.38. The summed E-state index contributed by atoms with van der Waals surface area (Å²) < 4.78 is 0.139. The molecule has 1 unspecified atom stereocenters. The molecule has 1 amide bonds. The zero-order chi connectivity index (χ0) is 13.9. The number of nitrogens with zero attached hydrogens (tertiary/aromatic N) is 1. The van der Waals surface area contributed by atoms with E-state index in [9.17, 15) is 4.79 Å². The molecule has 0 aliphatic carbocycles. The fraction of sp³-hybridized carbons (Fsp3) is 0.533. The molecule has 1 aromatic rings. The number of carbonyl (C=O) groups is 1. The molecule has 1 saturated heterocycles. The predicted molar refractivity (Wildman–Crippen MR) is 88.5 cm³/mol.